The molecule has 2 aromatic carbocycles. The monoisotopic (exact) mass is 469 g/mol. The van der Waals surface area contributed by atoms with Crippen molar-refractivity contribution in [2.75, 3.05) is 6.61 Å². The Morgan fingerprint density at radius 1 is 1.09 bits per heavy atom. The Morgan fingerprint density at radius 2 is 2.00 bits per heavy atom. The van der Waals surface area contributed by atoms with E-state index in [0.717, 1.165) is 31.4 Å². The average molecular weight is 470 g/mol. The number of allylic oxidation sites excluding steroid dienone is 7. The lowest BCUT2D eigenvalue weighted by atomic mass is 9.77. The fraction of sp³-hybridized carbons (Fsp3) is 0.172. The summed E-state index contributed by atoms with van der Waals surface area (Å²) < 4.78 is 4.80. The highest BCUT2D eigenvalue weighted by molar-refractivity contribution is 6.32. The Labute approximate surface area is 203 Å². The first-order valence-corrected chi connectivity index (χ1v) is 11.8. The van der Waals surface area contributed by atoms with Crippen LogP contribution in [0.25, 0.3) is 17.7 Å². The number of ether oxygens (including phenoxy) is 1. The van der Waals surface area contributed by atoms with Crippen LogP contribution < -0.4 is 10.4 Å². The smallest absolute Gasteiger partial charge is 0.288 e. The van der Waals surface area contributed by atoms with Crippen LogP contribution in [0.5, 0.6) is 0 Å². The molecular formula is C29H24ClNO3. The van der Waals surface area contributed by atoms with Gasteiger partial charge in [-0.1, -0.05) is 72.3 Å². The van der Waals surface area contributed by atoms with Crippen LogP contribution in [-0.2, 0) is 11.2 Å². The van der Waals surface area contributed by atoms with Gasteiger partial charge in [-0.25, -0.2) is 0 Å². The van der Waals surface area contributed by atoms with Gasteiger partial charge in [0.25, 0.3) is 5.69 Å². The zero-order chi connectivity index (χ0) is 23.5. The van der Waals surface area contributed by atoms with Gasteiger partial charge < -0.3 is 4.74 Å². The number of nitro groups is 1. The van der Waals surface area contributed by atoms with Gasteiger partial charge in [-0.15, -0.1) is 0 Å². The van der Waals surface area contributed by atoms with E-state index in [1.807, 2.05) is 24.3 Å². The Hall–Kier alpha value is -3.63. The standard InChI is InChI=1S/C24H18ClNO2.C5H6O/c25-22-13-10-17(14-23(22)26(27)28)19-7-3-5-16-9-11-20-18-6-2-1-4-15(18)8-12-21(20)24(16)19;1-2-4-6-5-3-1/h1,3-5,7-8,10-14,19H,2,6,9H2;1-4H,5H2. The summed E-state index contributed by atoms with van der Waals surface area (Å²) in [5.74, 6) is -0.0133. The molecule has 0 fully saturated rings. The first kappa shape index (κ1) is 22.2. The molecule has 1 atom stereocenters. The third kappa shape index (κ3) is 4.29. The van der Waals surface area contributed by atoms with Crippen LogP contribution in [0.1, 0.15) is 35.4 Å². The molecule has 0 radical (unpaired) electrons. The predicted molar refractivity (Wildman–Crippen MR) is 138 cm³/mol. The molecule has 6 rings (SSSR count). The van der Waals surface area contributed by atoms with Gasteiger partial charge in [-0.05, 0) is 75.8 Å². The van der Waals surface area contributed by atoms with E-state index in [1.54, 1.807) is 18.4 Å². The Bertz CT molecular complexity index is 1410. The molecule has 0 aromatic heterocycles. The number of hydrogen-bond donors (Lipinski definition) is 0. The number of benzene rings is 2. The van der Waals surface area contributed by atoms with Gasteiger partial charge in [0.2, 0.25) is 0 Å². The van der Waals surface area contributed by atoms with E-state index in [2.05, 4.69) is 48.6 Å². The van der Waals surface area contributed by atoms with E-state index < -0.39 is 4.92 Å². The minimum absolute atomic E-state index is 0.0133. The molecule has 0 N–H and O–H groups in total. The summed E-state index contributed by atoms with van der Waals surface area (Å²) in [4.78, 5) is 11.0. The van der Waals surface area contributed by atoms with Crippen molar-refractivity contribution in [1.82, 2.24) is 0 Å². The highest BCUT2D eigenvalue weighted by Gasteiger charge is 2.25. The highest BCUT2D eigenvalue weighted by atomic mass is 35.5. The molecule has 1 unspecified atom stereocenters. The second-order valence-electron chi connectivity index (χ2n) is 8.47. The third-order valence-electron chi connectivity index (χ3n) is 6.47. The second kappa shape index (κ2) is 9.70. The third-order valence-corrected chi connectivity index (χ3v) is 6.79. The van der Waals surface area contributed by atoms with E-state index in [4.69, 9.17) is 16.3 Å². The number of hydrogen-bond acceptors (Lipinski definition) is 3. The van der Waals surface area contributed by atoms with Gasteiger partial charge in [0.05, 0.1) is 11.2 Å². The lowest BCUT2D eigenvalue weighted by Crippen LogP contribution is -2.36. The number of rotatable bonds is 2. The zero-order valence-electron chi connectivity index (χ0n) is 18.6. The summed E-state index contributed by atoms with van der Waals surface area (Å²) >= 11 is 6.04. The fourth-order valence-electron chi connectivity index (χ4n) is 4.91. The maximum atomic E-state index is 11.4. The largest absolute Gasteiger partial charge is 0.497 e. The summed E-state index contributed by atoms with van der Waals surface area (Å²) in [5.41, 5.74) is 6.12. The first-order valence-electron chi connectivity index (χ1n) is 11.4. The molecule has 0 spiro atoms. The molecular weight excluding hydrogens is 446 g/mol. The molecule has 1 aliphatic heterocycles. The van der Waals surface area contributed by atoms with Crippen molar-refractivity contribution in [3.63, 3.8) is 0 Å². The molecule has 0 saturated heterocycles. The summed E-state index contributed by atoms with van der Waals surface area (Å²) in [6, 6.07) is 9.56. The first-order chi connectivity index (χ1) is 16.6. The normalized spacial score (nSPS) is 18.9. The van der Waals surface area contributed by atoms with E-state index >= 15 is 0 Å². The van der Waals surface area contributed by atoms with Crippen LogP contribution in [0.15, 0.2) is 84.7 Å². The van der Waals surface area contributed by atoms with E-state index in [9.17, 15) is 10.1 Å². The van der Waals surface area contributed by atoms with E-state index in [0.29, 0.717) is 0 Å². The Morgan fingerprint density at radius 3 is 2.74 bits per heavy atom. The SMILES string of the molecule is C1=CCOC=C1.O=[N+]([O-])c1cc(C2C=CC=C3CC=c4c5c(ccc4=C32)C=CCC5)ccc1Cl. The van der Waals surface area contributed by atoms with Gasteiger partial charge >= 0.3 is 0 Å². The molecule has 34 heavy (non-hydrogen) atoms. The van der Waals surface area contributed by atoms with Crippen molar-refractivity contribution in [2.45, 2.75) is 25.2 Å². The summed E-state index contributed by atoms with van der Waals surface area (Å²) in [7, 11) is 0. The van der Waals surface area contributed by atoms with Crippen molar-refractivity contribution < 1.29 is 9.66 Å². The molecule has 170 valence electrons. The molecule has 0 bridgehead atoms. The van der Waals surface area contributed by atoms with Gasteiger partial charge in [0.1, 0.15) is 11.6 Å². The van der Waals surface area contributed by atoms with Crippen LogP contribution in [0.2, 0.25) is 5.02 Å². The fourth-order valence-corrected chi connectivity index (χ4v) is 5.10. The van der Waals surface area contributed by atoms with Gasteiger partial charge in [0, 0.05) is 12.0 Å². The lowest BCUT2D eigenvalue weighted by Gasteiger charge is -2.26. The van der Waals surface area contributed by atoms with Crippen molar-refractivity contribution in [3.05, 3.63) is 127 Å². The number of fused-ring (bicyclic) bond motifs is 4. The average Bonchev–Trinajstić information content (AvgIpc) is 2.89. The summed E-state index contributed by atoms with van der Waals surface area (Å²) in [5, 5.41) is 14.1. The van der Waals surface area contributed by atoms with Crippen LogP contribution in [0, 0.1) is 10.1 Å². The van der Waals surface area contributed by atoms with E-state index in [1.165, 1.54) is 32.7 Å². The number of nitro benzene ring substituents is 1. The minimum Gasteiger partial charge on any atom is -0.497 e. The van der Waals surface area contributed by atoms with Crippen molar-refractivity contribution >= 4 is 35.0 Å². The second-order valence-corrected chi connectivity index (χ2v) is 8.88. The maximum absolute atomic E-state index is 11.4. The molecule has 4 nitrogen and oxygen atoms in total. The van der Waals surface area contributed by atoms with Gasteiger partial charge in [-0.3, -0.25) is 10.1 Å². The molecule has 3 aliphatic carbocycles. The molecule has 0 amide bonds. The molecule has 0 saturated carbocycles. The highest BCUT2D eigenvalue weighted by Crippen LogP contribution is 2.39. The van der Waals surface area contributed by atoms with Crippen LogP contribution in [0.4, 0.5) is 5.69 Å². The van der Waals surface area contributed by atoms with Gasteiger partial charge in [0.15, 0.2) is 0 Å². The van der Waals surface area contributed by atoms with Crippen LogP contribution in [0.3, 0.4) is 0 Å². The molecule has 1 heterocycles. The zero-order valence-corrected chi connectivity index (χ0v) is 19.4. The summed E-state index contributed by atoms with van der Waals surface area (Å²) in [6.45, 7) is 0.733. The minimum atomic E-state index is -0.412. The predicted octanol–water partition coefficient (Wildman–Crippen LogP) is 5.91. The maximum Gasteiger partial charge on any atom is 0.288 e. The number of nitrogens with zero attached hydrogens (tertiary/aromatic N) is 1. The molecule has 4 aliphatic rings. The Kier molecular flexibility index (Phi) is 6.33. The van der Waals surface area contributed by atoms with Crippen molar-refractivity contribution in [1.29, 1.82) is 0 Å². The quantitative estimate of drug-likeness (QED) is 0.406. The van der Waals surface area contributed by atoms with Crippen LogP contribution >= 0.6 is 11.6 Å². The number of halogens is 1. The van der Waals surface area contributed by atoms with Crippen molar-refractivity contribution in [3.8, 4) is 0 Å². The van der Waals surface area contributed by atoms with Crippen molar-refractivity contribution in [2.24, 2.45) is 0 Å². The lowest BCUT2D eigenvalue weighted by molar-refractivity contribution is -0.384. The molecule has 2 aromatic rings. The van der Waals surface area contributed by atoms with Crippen LogP contribution in [-0.4, -0.2) is 11.5 Å². The summed E-state index contributed by atoms with van der Waals surface area (Å²) in [6.07, 6.45) is 23.6. The Balaban J connectivity index is 0.000000351. The van der Waals surface area contributed by atoms with Gasteiger partial charge in [-0.2, -0.15) is 0 Å². The molecule has 5 heteroatoms. The van der Waals surface area contributed by atoms with E-state index in [-0.39, 0.29) is 16.6 Å². The topological polar surface area (TPSA) is 52.4 Å².